The number of morpholine rings is 1. The van der Waals surface area contributed by atoms with Gasteiger partial charge in [-0.1, -0.05) is 0 Å². The van der Waals surface area contributed by atoms with E-state index in [0.717, 1.165) is 25.9 Å². The van der Waals surface area contributed by atoms with Crippen LogP contribution in [0, 0.1) is 0 Å². The maximum atomic E-state index is 5.82. The number of fused-ring (bicyclic) bond motifs is 2. The van der Waals surface area contributed by atoms with E-state index in [0.29, 0.717) is 11.9 Å². The second kappa shape index (κ2) is 5.37. The SMILES string of the molecule is CC(C)Oc1nc(NN)nc(N2CC3CCC(C2)O3)n1. The molecular formula is C12H20N6O2. The Morgan fingerprint density at radius 2 is 1.95 bits per heavy atom. The van der Waals surface area contributed by atoms with Crippen molar-refractivity contribution < 1.29 is 9.47 Å². The molecule has 2 saturated heterocycles. The van der Waals surface area contributed by atoms with Crippen LogP contribution in [0.5, 0.6) is 6.01 Å². The summed E-state index contributed by atoms with van der Waals surface area (Å²) in [6, 6.07) is 0.289. The average molecular weight is 280 g/mol. The molecule has 3 heterocycles. The van der Waals surface area contributed by atoms with Crippen LogP contribution in [0.3, 0.4) is 0 Å². The van der Waals surface area contributed by atoms with E-state index in [1.165, 1.54) is 0 Å². The third-order valence-corrected chi connectivity index (χ3v) is 3.40. The highest BCUT2D eigenvalue weighted by molar-refractivity contribution is 5.39. The average Bonchev–Trinajstić information content (AvgIpc) is 2.76. The van der Waals surface area contributed by atoms with Crippen molar-refractivity contribution in [1.82, 2.24) is 15.0 Å². The Bertz CT molecular complexity index is 471. The summed E-state index contributed by atoms with van der Waals surface area (Å²) in [5.74, 6) is 6.31. The summed E-state index contributed by atoms with van der Waals surface area (Å²) in [5, 5.41) is 0. The Hall–Kier alpha value is -1.67. The standard InChI is InChI=1S/C12H20N6O2/c1-7(2)19-12-15-10(17-13)14-11(16-12)18-5-8-3-4-9(6-18)20-8/h7-9H,3-6,13H2,1-2H3,(H,14,15,16,17). The first-order valence-electron chi connectivity index (χ1n) is 6.94. The fraction of sp³-hybridized carbons (Fsp3) is 0.750. The highest BCUT2D eigenvalue weighted by Crippen LogP contribution is 2.28. The maximum absolute atomic E-state index is 5.82. The molecule has 2 fully saturated rings. The Morgan fingerprint density at radius 1 is 1.25 bits per heavy atom. The molecule has 0 radical (unpaired) electrons. The Morgan fingerprint density at radius 3 is 2.55 bits per heavy atom. The first-order chi connectivity index (χ1) is 9.64. The summed E-state index contributed by atoms with van der Waals surface area (Å²) < 4.78 is 11.4. The lowest BCUT2D eigenvalue weighted by Gasteiger charge is -2.32. The molecule has 2 atom stereocenters. The molecule has 20 heavy (non-hydrogen) atoms. The summed E-state index contributed by atoms with van der Waals surface area (Å²) >= 11 is 0. The summed E-state index contributed by atoms with van der Waals surface area (Å²) in [6.07, 6.45) is 2.74. The Balaban J connectivity index is 1.84. The number of aromatic nitrogens is 3. The van der Waals surface area contributed by atoms with E-state index >= 15 is 0 Å². The molecule has 8 nitrogen and oxygen atoms in total. The fourth-order valence-electron chi connectivity index (χ4n) is 2.59. The van der Waals surface area contributed by atoms with Crippen LogP contribution in [0.4, 0.5) is 11.9 Å². The van der Waals surface area contributed by atoms with Crippen molar-refractivity contribution in [2.24, 2.45) is 5.84 Å². The summed E-state index contributed by atoms with van der Waals surface area (Å²) in [7, 11) is 0. The molecule has 2 aliphatic heterocycles. The number of nitrogen functional groups attached to an aromatic ring is 1. The molecule has 0 saturated carbocycles. The van der Waals surface area contributed by atoms with Crippen LogP contribution in [0.15, 0.2) is 0 Å². The van der Waals surface area contributed by atoms with Crippen molar-refractivity contribution in [2.45, 2.75) is 45.0 Å². The molecular weight excluding hydrogens is 260 g/mol. The van der Waals surface area contributed by atoms with Gasteiger partial charge in [-0.05, 0) is 26.7 Å². The van der Waals surface area contributed by atoms with Gasteiger partial charge in [0.2, 0.25) is 11.9 Å². The van der Waals surface area contributed by atoms with E-state index in [9.17, 15) is 0 Å². The molecule has 0 aliphatic carbocycles. The van der Waals surface area contributed by atoms with Gasteiger partial charge in [-0.25, -0.2) is 5.84 Å². The molecule has 0 amide bonds. The third-order valence-electron chi connectivity index (χ3n) is 3.40. The lowest BCUT2D eigenvalue weighted by atomic mass is 10.2. The molecule has 3 N–H and O–H groups in total. The molecule has 110 valence electrons. The van der Waals surface area contributed by atoms with Crippen molar-refractivity contribution in [3.63, 3.8) is 0 Å². The molecule has 2 aliphatic rings. The van der Waals surface area contributed by atoms with E-state index in [1.54, 1.807) is 0 Å². The lowest BCUT2D eigenvalue weighted by molar-refractivity contribution is 0.0298. The van der Waals surface area contributed by atoms with Gasteiger partial charge >= 0.3 is 6.01 Å². The van der Waals surface area contributed by atoms with Crippen LogP contribution in [0.25, 0.3) is 0 Å². The van der Waals surface area contributed by atoms with Gasteiger partial charge in [-0.3, -0.25) is 5.43 Å². The van der Waals surface area contributed by atoms with E-state index in [-0.39, 0.29) is 24.3 Å². The predicted octanol–water partition coefficient (Wildman–Crippen LogP) is 0.312. The Labute approximate surface area is 117 Å². The second-order valence-electron chi connectivity index (χ2n) is 5.41. The number of rotatable bonds is 4. The minimum Gasteiger partial charge on any atom is -0.461 e. The van der Waals surface area contributed by atoms with Gasteiger partial charge in [-0.2, -0.15) is 15.0 Å². The highest BCUT2D eigenvalue weighted by Gasteiger charge is 2.35. The van der Waals surface area contributed by atoms with E-state index in [4.69, 9.17) is 15.3 Å². The van der Waals surface area contributed by atoms with Crippen LogP contribution < -0.4 is 20.9 Å². The Kier molecular flexibility index (Phi) is 3.58. The van der Waals surface area contributed by atoms with Gasteiger partial charge < -0.3 is 14.4 Å². The number of hydrogen-bond donors (Lipinski definition) is 2. The van der Waals surface area contributed by atoms with Gasteiger partial charge in [0.05, 0.1) is 18.3 Å². The number of anilines is 2. The summed E-state index contributed by atoms with van der Waals surface area (Å²) in [4.78, 5) is 14.9. The molecule has 0 aromatic carbocycles. The van der Waals surface area contributed by atoms with E-state index in [2.05, 4.69) is 25.3 Å². The minimum absolute atomic E-state index is 0.00301. The van der Waals surface area contributed by atoms with Gasteiger partial charge in [-0.15, -0.1) is 0 Å². The number of nitrogens with zero attached hydrogens (tertiary/aromatic N) is 4. The van der Waals surface area contributed by atoms with Crippen LogP contribution in [-0.4, -0.2) is 46.4 Å². The first kappa shape index (κ1) is 13.3. The van der Waals surface area contributed by atoms with Crippen molar-refractivity contribution >= 4 is 11.9 Å². The molecule has 8 heteroatoms. The molecule has 2 unspecified atom stereocenters. The van der Waals surface area contributed by atoms with Crippen molar-refractivity contribution in [3.05, 3.63) is 0 Å². The number of nitrogens with two attached hydrogens (primary N) is 1. The largest absolute Gasteiger partial charge is 0.461 e. The van der Waals surface area contributed by atoms with E-state index in [1.807, 2.05) is 13.8 Å². The number of hydrogen-bond acceptors (Lipinski definition) is 8. The monoisotopic (exact) mass is 280 g/mol. The molecule has 1 aromatic heterocycles. The maximum Gasteiger partial charge on any atom is 0.323 e. The van der Waals surface area contributed by atoms with Crippen LogP contribution >= 0.6 is 0 Å². The molecule has 1 aromatic rings. The first-order valence-corrected chi connectivity index (χ1v) is 6.94. The van der Waals surface area contributed by atoms with Crippen molar-refractivity contribution in [1.29, 1.82) is 0 Å². The summed E-state index contributed by atoms with van der Waals surface area (Å²) in [5.41, 5.74) is 2.46. The zero-order valence-corrected chi connectivity index (χ0v) is 11.7. The summed E-state index contributed by atoms with van der Waals surface area (Å²) in [6.45, 7) is 5.44. The van der Waals surface area contributed by atoms with Gasteiger partial charge in [0.25, 0.3) is 0 Å². The fourth-order valence-corrected chi connectivity index (χ4v) is 2.59. The van der Waals surface area contributed by atoms with Gasteiger partial charge in [0.1, 0.15) is 0 Å². The lowest BCUT2D eigenvalue weighted by Crippen LogP contribution is -2.43. The zero-order valence-electron chi connectivity index (χ0n) is 11.7. The number of nitrogens with one attached hydrogen (secondary N) is 1. The highest BCUT2D eigenvalue weighted by atomic mass is 16.5. The topological polar surface area (TPSA) is 98.4 Å². The van der Waals surface area contributed by atoms with Gasteiger partial charge in [0.15, 0.2) is 0 Å². The molecule has 0 spiro atoms. The molecule has 3 rings (SSSR count). The van der Waals surface area contributed by atoms with Crippen molar-refractivity contribution in [3.8, 4) is 6.01 Å². The second-order valence-corrected chi connectivity index (χ2v) is 5.41. The van der Waals surface area contributed by atoms with Crippen LogP contribution in [-0.2, 0) is 4.74 Å². The third kappa shape index (κ3) is 2.75. The normalized spacial score (nSPS) is 25.1. The van der Waals surface area contributed by atoms with Crippen molar-refractivity contribution in [2.75, 3.05) is 23.4 Å². The smallest absolute Gasteiger partial charge is 0.323 e. The van der Waals surface area contributed by atoms with Crippen LogP contribution in [0.1, 0.15) is 26.7 Å². The number of hydrazine groups is 1. The van der Waals surface area contributed by atoms with Crippen LogP contribution in [0.2, 0.25) is 0 Å². The van der Waals surface area contributed by atoms with E-state index < -0.39 is 0 Å². The molecule has 2 bridgehead atoms. The minimum atomic E-state index is -0.00301. The predicted molar refractivity (Wildman–Crippen MR) is 73.5 cm³/mol. The van der Waals surface area contributed by atoms with Gasteiger partial charge in [0, 0.05) is 13.1 Å². The number of ether oxygens (including phenoxy) is 2. The zero-order chi connectivity index (χ0) is 14.1. The quantitative estimate of drug-likeness (QED) is 0.600.